The smallest absolute Gasteiger partial charge is 0.410 e. The zero-order valence-electron chi connectivity index (χ0n) is 21.7. The highest BCUT2D eigenvalue weighted by Gasteiger charge is 2.45. The van der Waals surface area contributed by atoms with E-state index in [1.807, 2.05) is 0 Å². The Kier molecular flexibility index (Phi) is 8.76. The molecule has 0 bridgehead atoms. The summed E-state index contributed by atoms with van der Waals surface area (Å²) in [6.07, 6.45) is -1.98. The van der Waals surface area contributed by atoms with E-state index in [1.54, 1.807) is 71.9 Å². The third-order valence-corrected chi connectivity index (χ3v) is 4.70. The summed E-state index contributed by atoms with van der Waals surface area (Å²) in [5.41, 5.74) is 4.08. The van der Waals surface area contributed by atoms with Gasteiger partial charge in [0, 0.05) is 5.56 Å². The van der Waals surface area contributed by atoms with Gasteiger partial charge in [0.2, 0.25) is 11.6 Å². The molecular formula is C26H33N4O7. The van der Waals surface area contributed by atoms with Crippen molar-refractivity contribution in [2.24, 2.45) is 0 Å². The van der Waals surface area contributed by atoms with Crippen LogP contribution in [0.15, 0.2) is 54.6 Å². The van der Waals surface area contributed by atoms with Crippen molar-refractivity contribution in [1.29, 1.82) is 0 Å². The second-order valence-corrected chi connectivity index (χ2v) is 10.2. The Morgan fingerprint density at radius 1 is 0.784 bits per heavy atom. The molecule has 4 amide bonds. The number of hydrogen-bond donors (Lipinski definition) is 4. The molecule has 0 aliphatic heterocycles. The molecule has 0 aliphatic rings. The molecule has 0 fully saturated rings. The van der Waals surface area contributed by atoms with Crippen LogP contribution >= 0.6 is 0 Å². The fourth-order valence-electron chi connectivity index (χ4n) is 3.22. The van der Waals surface area contributed by atoms with Crippen molar-refractivity contribution in [1.82, 2.24) is 21.7 Å². The summed E-state index contributed by atoms with van der Waals surface area (Å²) in [6, 6.07) is 11.8. The molecule has 11 heteroatoms. The fourth-order valence-corrected chi connectivity index (χ4v) is 3.22. The number of benzene rings is 2. The molecule has 0 spiro atoms. The van der Waals surface area contributed by atoms with Crippen LogP contribution in [0.3, 0.4) is 0 Å². The van der Waals surface area contributed by atoms with E-state index in [0.717, 1.165) is 0 Å². The molecule has 2 atom stereocenters. The summed E-state index contributed by atoms with van der Waals surface area (Å²) in [7, 11) is 0. The Labute approximate surface area is 215 Å². The first kappa shape index (κ1) is 29.0. The lowest BCUT2D eigenvalue weighted by Crippen LogP contribution is -2.65. The van der Waals surface area contributed by atoms with Crippen molar-refractivity contribution < 1.29 is 33.8 Å². The van der Waals surface area contributed by atoms with Gasteiger partial charge in [0.05, 0.1) is 0 Å². The maximum Gasteiger partial charge on any atom is 0.410 e. The number of alkyl carbamates (subject to hydrolysis) is 2. The van der Waals surface area contributed by atoms with Crippen LogP contribution in [0.4, 0.5) is 9.59 Å². The Hall–Kier alpha value is -4.28. The number of hydrogen-bond acceptors (Lipinski definition) is 7. The monoisotopic (exact) mass is 513 g/mol. The average Bonchev–Trinajstić information content (AvgIpc) is 2.75. The highest BCUT2D eigenvalue weighted by molar-refractivity contribution is 5.96. The second kappa shape index (κ2) is 11.2. The highest BCUT2D eigenvalue weighted by Crippen LogP contribution is 2.25. The lowest BCUT2D eigenvalue weighted by atomic mass is 9.96. The van der Waals surface area contributed by atoms with Crippen molar-refractivity contribution in [3.63, 3.8) is 0 Å². The second-order valence-electron chi connectivity index (χ2n) is 10.2. The molecule has 0 heterocycles. The summed E-state index contributed by atoms with van der Waals surface area (Å²) < 4.78 is 10.5. The van der Waals surface area contributed by atoms with E-state index in [4.69, 9.17) is 15.2 Å². The van der Waals surface area contributed by atoms with Crippen molar-refractivity contribution in [3.8, 4) is 5.75 Å². The van der Waals surface area contributed by atoms with E-state index in [2.05, 4.69) is 16.0 Å². The Morgan fingerprint density at radius 2 is 1.30 bits per heavy atom. The molecule has 2 aromatic carbocycles. The largest absolute Gasteiger partial charge is 0.508 e. The molecule has 2 aromatic rings. The number of carbonyl (C=O) groups is 4. The summed E-state index contributed by atoms with van der Waals surface area (Å²) in [5.74, 6) is -2.48. The van der Waals surface area contributed by atoms with Gasteiger partial charge in [-0.2, -0.15) is 0 Å². The predicted molar refractivity (Wildman–Crippen MR) is 134 cm³/mol. The van der Waals surface area contributed by atoms with Gasteiger partial charge >= 0.3 is 12.2 Å². The molecule has 199 valence electrons. The Bertz CT molecular complexity index is 1120. The number of amides is 4. The van der Waals surface area contributed by atoms with Crippen LogP contribution in [-0.4, -0.2) is 40.3 Å². The predicted octanol–water partition coefficient (Wildman–Crippen LogP) is 3.26. The summed E-state index contributed by atoms with van der Waals surface area (Å²) in [6.45, 7) is 9.78. The van der Waals surface area contributed by atoms with Gasteiger partial charge in [0.15, 0.2) is 0 Å². The minimum absolute atomic E-state index is 0.0337. The zero-order valence-corrected chi connectivity index (χ0v) is 21.7. The van der Waals surface area contributed by atoms with Crippen LogP contribution in [0, 0.1) is 0 Å². The van der Waals surface area contributed by atoms with Crippen molar-refractivity contribution in [2.45, 2.75) is 64.4 Å². The quantitative estimate of drug-likeness (QED) is 0.412. The van der Waals surface area contributed by atoms with E-state index in [9.17, 15) is 24.3 Å². The maximum absolute atomic E-state index is 13.6. The lowest BCUT2D eigenvalue weighted by Gasteiger charge is -2.35. The SMILES string of the molecule is CC(C)(C)OC(=O)NC(C(=O)NC(NC(=O)OC(C)(C)C)(C([NH])=O)c1ccc(O)cc1)c1ccccc1. The number of nitrogens with one attached hydrogen (secondary N) is 4. The van der Waals surface area contributed by atoms with Crippen molar-refractivity contribution in [3.05, 3.63) is 65.7 Å². The molecule has 0 saturated carbocycles. The fraction of sp³-hybridized carbons (Fsp3) is 0.385. The van der Waals surface area contributed by atoms with Gasteiger partial charge in [0.1, 0.15) is 23.0 Å². The molecule has 0 saturated heterocycles. The molecule has 1 radical (unpaired) electrons. The van der Waals surface area contributed by atoms with Crippen LogP contribution in [-0.2, 0) is 24.7 Å². The van der Waals surface area contributed by atoms with E-state index in [0.29, 0.717) is 5.56 Å². The lowest BCUT2D eigenvalue weighted by molar-refractivity contribution is -0.135. The van der Waals surface area contributed by atoms with Crippen LogP contribution in [0.5, 0.6) is 5.75 Å². The van der Waals surface area contributed by atoms with E-state index in [-0.39, 0.29) is 11.3 Å². The van der Waals surface area contributed by atoms with Gasteiger partial charge in [-0.3, -0.25) is 20.6 Å². The summed E-state index contributed by atoms with van der Waals surface area (Å²) in [4.78, 5) is 51.6. The van der Waals surface area contributed by atoms with Crippen LogP contribution in [0.1, 0.15) is 58.7 Å². The molecule has 0 aliphatic carbocycles. The first-order valence-electron chi connectivity index (χ1n) is 11.5. The first-order valence-corrected chi connectivity index (χ1v) is 11.5. The van der Waals surface area contributed by atoms with Crippen molar-refractivity contribution >= 4 is 24.0 Å². The molecule has 2 rings (SSSR count). The third kappa shape index (κ3) is 8.41. The van der Waals surface area contributed by atoms with E-state index < -0.39 is 46.9 Å². The Balaban J connectivity index is 2.54. The van der Waals surface area contributed by atoms with E-state index >= 15 is 0 Å². The van der Waals surface area contributed by atoms with Crippen LogP contribution < -0.4 is 21.7 Å². The Morgan fingerprint density at radius 3 is 1.78 bits per heavy atom. The summed E-state index contributed by atoms with van der Waals surface area (Å²) >= 11 is 0. The number of aromatic hydroxyl groups is 1. The van der Waals surface area contributed by atoms with Crippen LogP contribution in [0.25, 0.3) is 0 Å². The van der Waals surface area contributed by atoms with E-state index in [1.165, 1.54) is 24.3 Å². The average molecular weight is 514 g/mol. The molecule has 2 unspecified atom stereocenters. The number of ether oxygens (including phenoxy) is 2. The van der Waals surface area contributed by atoms with Crippen molar-refractivity contribution in [2.75, 3.05) is 0 Å². The molecule has 11 nitrogen and oxygen atoms in total. The molecular weight excluding hydrogens is 480 g/mol. The maximum atomic E-state index is 13.6. The van der Waals surface area contributed by atoms with Gasteiger partial charge in [-0.15, -0.1) is 0 Å². The van der Waals surface area contributed by atoms with Gasteiger partial charge in [-0.25, -0.2) is 9.59 Å². The summed E-state index contributed by atoms with van der Waals surface area (Å²) in [5, 5.41) is 16.9. The number of phenolic OH excluding ortho intramolecular Hbond substituents is 1. The minimum Gasteiger partial charge on any atom is -0.508 e. The molecule has 37 heavy (non-hydrogen) atoms. The standard InChI is InChI=1S/C26H33N4O7/c1-24(2,3)36-22(34)28-19(16-10-8-7-9-11-16)20(32)29-26(21(27)33,17-12-14-18(31)15-13-17)30-23(35)37-25(4,5)6/h7-15,19,27,31H,1-6H3,(H,28,34)(H,29,32)(H,30,35). The first-order chi connectivity index (χ1) is 17.0. The third-order valence-electron chi connectivity index (χ3n) is 4.70. The zero-order chi connectivity index (χ0) is 28.0. The van der Waals surface area contributed by atoms with Gasteiger partial charge in [0.25, 0.3) is 5.91 Å². The molecule has 5 N–H and O–H groups in total. The van der Waals surface area contributed by atoms with Gasteiger partial charge < -0.3 is 25.2 Å². The molecule has 0 aromatic heterocycles. The number of carbonyl (C=O) groups excluding carboxylic acids is 4. The minimum atomic E-state index is -2.42. The number of rotatable bonds is 7. The van der Waals surface area contributed by atoms with Gasteiger partial charge in [-0.1, -0.05) is 42.5 Å². The normalized spacial score (nSPS) is 13.9. The van der Waals surface area contributed by atoms with Gasteiger partial charge in [-0.05, 0) is 59.2 Å². The van der Waals surface area contributed by atoms with Crippen LogP contribution in [0.2, 0.25) is 0 Å². The topological polar surface area (TPSA) is 167 Å². The highest BCUT2D eigenvalue weighted by atomic mass is 16.6. The number of phenols is 1.